The van der Waals surface area contributed by atoms with E-state index in [4.69, 9.17) is 5.73 Å². The molecule has 0 aliphatic carbocycles. The Morgan fingerprint density at radius 1 is 1.41 bits per heavy atom. The van der Waals surface area contributed by atoms with Gasteiger partial charge in [-0.3, -0.25) is 0 Å². The van der Waals surface area contributed by atoms with Crippen LogP contribution >= 0.6 is 0 Å². The zero-order chi connectivity index (χ0) is 12.3. The molecule has 1 aromatic carbocycles. The van der Waals surface area contributed by atoms with Gasteiger partial charge in [-0.2, -0.15) is 0 Å². The Morgan fingerprint density at radius 3 is 2.94 bits per heavy atom. The fraction of sp³-hybridized carbons (Fsp3) is 0.571. The molecule has 1 aliphatic heterocycles. The Hall–Kier alpha value is -1.06. The molecule has 94 valence electrons. The molecule has 0 spiro atoms. The summed E-state index contributed by atoms with van der Waals surface area (Å²) >= 11 is 0. The van der Waals surface area contributed by atoms with E-state index in [2.05, 4.69) is 48.2 Å². The molecular formula is C14H23N3. The predicted molar refractivity (Wildman–Crippen MR) is 73.3 cm³/mol. The van der Waals surface area contributed by atoms with Crippen molar-refractivity contribution in [2.24, 2.45) is 5.73 Å². The van der Waals surface area contributed by atoms with Gasteiger partial charge in [0.1, 0.15) is 0 Å². The van der Waals surface area contributed by atoms with Crippen molar-refractivity contribution in [3.63, 3.8) is 0 Å². The van der Waals surface area contributed by atoms with Gasteiger partial charge in [0.2, 0.25) is 0 Å². The lowest BCUT2D eigenvalue weighted by Gasteiger charge is -2.37. The van der Waals surface area contributed by atoms with Crippen molar-refractivity contribution in [2.45, 2.75) is 25.4 Å². The second-order valence-electron chi connectivity index (χ2n) is 5.08. The predicted octanol–water partition coefficient (Wildman–Crippen LogP) is 1.68. The average Bonchev–Trinajstić information content (AvgIpc) is 2.39. The lowest BCUT2D eigenvalue weighted by atomic mass is 10.0. The summed E-state index contributed by atoms with van der Waals surface area (Å²) in [5.41, 5.74) is 8.23. The third-order valence-corrected chi connectivity index (χ3v) is 3.64. The van der Waals surface area contributed by atoms with Gasteiger partial charge in [-0.05, 0) is 44.6 Å². The monoisotopic (exact) mass is 233 g/mol. The van der Waals surface area contributed by atoms with Crippen LogP contribution in [0.1, 0.15) is 18.4 Å². The second kappa shape index (κ2) is 5.52. The fourth-order valence-electron chi connectivity index (χ4n) is 2.49. The molecule has 1 aromatic rings. The Morgan fingerprint density at radius 2 is 2.24 bits per heavy atom. The van der Waals surface area contributed by atoms with Crippen LogP contribution in [-0.2, 0) is 6.54 Å². The van der Waals surface area contributed by atoms with Crippen molar-refractivity contribution >= 4 is 5.69 Å². The topological polar surface area (TPSA) is 32.5 Å². The average molecular weight is 233 g/mol. The maximum atomic E-state index is 5.70. The molecule has 1 atom stereocenters. The van der Waals surface area contributed by atoms with Crippen LogP contribution < -0.4 is 10.6 Å². The van der Waals surface area contributed by atoms with Crippen molar-refractivity contribution < 1.29 is 0 Å². The number of piperidine rings is 1. The number of benzene rings is 1. The third-order valence-electron chi connectivity index (χ3n) is 3.64. The van der Waals surface area contributed by atoms with Crippen LogP contribution in [0.5, 0.6) is 0 Å². The first-order valence-electron chi connectivity index (χ1n) is 6.41. The van der Waals surface area contributed by atoms with Crippen LogP contribution in [-0.4, -0.2) is 38.1 Å². The van der Waals surface area contributed by atoms with E-state index in [0.29, 0.717) is 12.6 Å². The minimum Gasteiger partial charge on any atom is -0.370 e. The van der Waals surface area contributed by atoms with Gasteiger partial charge in [0.15, 0.2) is 0 Å². The SMILES string of the molecule is CN(C)C1CCCN(c2cccc(CN)c2)C1. The van der Waals surface area contributed by atoms with E-state index in [1.165, 1.54) is 30.6 Å². The number of nitrogens with two attached hydrogens (primary N) is 1. The summed E-state index contributed by atoms with van der Waals surface area (Å²) in [7, 11) is 4.34. The summed E-state index contributed by atoms with van der Waals surface area (Å²) in [6.45, 7) is 2.91. The highest BCUT2D eigenvalue weighted by molar-refractivity contribution is 5.49. The van der Waals surface area contributed by atoms with Crippen molar-refractivity contribution in [2.75, 3.05) is 32.1 Å². The molecule has 0 aromatic heterocycles. The van der Waals surface area contributed by atoms with Gasteiger partial charge in [0.25, 0.3) is 0 Å². The molecule has 0 saturated carbocycles. The van der Waals surface area contributed by atoms with Crippen LogP contribution in [0.2, 0.25) is 0 Å². The summed E-state index contributed by atoms with van der Waals surface area (Å²) < 4.78 is 0. The minimum atomic E-state index is 0.624. The highest BCUT2D eigenvalue weighted by Gasteiger charge is 2.21. The van der Waals surface area contributed by atoms with E-state index < -0.39 is 0 Å². The highest BCUT2D eigenvalue weighted by Crippen LogP contribution is 2.22. The normalized spacial score (nSPS) is 20.9. The molecule has 2 rings (SSSR count). The number of likely N-dealkylation sites (N-methyl/N-ethyl adjacent to an activating group) is 1. The molecule has 1 aliphatic rings. The minimum absolute atomic E-state index is 0.624. The van der Waals surface area contributed by atoms with Gasteiger partial charge in [-0.25, -0.2) is 0 Å². The number of rotatable bonds is 3. The molecule has 1 fully saturated rings. The molecule has 1 unspecified atom stereocenters. The first kappa shape index (κ1) is 12.4. The Kier molecular flexibility index (Phi) is 4.02. The van der Waals surface area contributed by atoms with E-state index in [1.54, 1.807) is 0 Å². The van der Waals surface area contributed by atoms with Crippen molar-refractivity contribution in [3.8, 4) is 0 Å². The number of hydrogen-bond donors (Lipinski definition) is 1. The number of nitrogens with zero attached hydrogens (tertiary/aromatic N) is 2. The Balaban J connectivity index is 2.10. The largest absolute Gasteiger partial charge is 0.370 e. The van der Waals surface area contributed by atoms with Gasteiger partial charge in [-0.15, -0.1) is 0 Å². The van der Waals surface area contributed by atoms with Gasteiger partial charge < -0.3 is 15.5 Å². The highest BCUT2D eigenvalue weighted by atomic mass is 15.2. The molecular weight excluding hydrogens is 210 g/mol. The second-order valence-corrected chi connectivity index (χ2v) is 5.08. The number of hydrogen-bond acceptors (Lipinski definition) is 3. The van der Waals surface area contributed by atoms with Gasteiger partial charge in [-0.1, -0.05) is 12.1 Å². The summed E-state index contributed by atoms with van der Waals surface area (Å²) in [5.74, 6) is 0. The van der Waals surface area contributed by atoms with Crippen LogP contribution in [0.15, 0.2) is 24.3 Å². The van der Waals surface area contributed by atoms with Crippen LogP contribution in [0.3, 0.4) is 0 Å². The van der Waals surface area contributed by atoms with Gasteiger partial charge >= 0.3 is 0 Å². The van der Waals surface area contributed by atoms with E-state index in [9.17, 15) is 0 Å². The van der Waals surface area contributed by atoms with Crippen LogP contribution in [0.4, 0.5) is 5.69 Å². The third kappa shape index (κ3) is 2.99. The summed E-state index contributed by atoms with van der Waals surface area (Å²) in [6.07, 6.45) is 2.58. The standard InChI is InChI=1S/C14H23N3/c1-16(2)14-7-4-8-17(11-14)13-6-3-5-12(9-13)10-15/h3,5-6,9,14H,4,7-8,10-11,15H2,1-2H3. The fourth-order valence-corrected chi connectivity index (χ4v) is 2.49. The smallest absolute Gasteiger partial charge is 0.0369 e. The molecule has 17 heavy (non-hydrogen) atoms. The van der Waals surface area contributed by atoms with Gasteiger partial charge in [0.05, 0.1) is 0 Å². The summed E-state index contributed by atoms with van der Waals surface area (Å²) in [4.78, 5) is 4.81. The molecule has 0 bridgehead atoms. The van der Waals surface area contributed by atoms with Crippen LogP contribution in [0, 0.1) is 0 Å². The number of anilines is 1. The van der Waals surface area contributed by atoms with E-state index in [-0.39, 0.29) is 0 Å². The molecule has 0 amide bonds. The molecule has 3 heteroatoms. The zero-order valence-electron chi connectivity index (χ0n) is 10.9. The Labute approximate surface area is 104 Å². The van der Waals surface area contributed by atoms with Crippen LogP contribution in [0.25, 0.3) is 0 Å². The van der Waals surface area contributed by atoms with E-state index >= 15 is 0 Å². The first-order chi connectivity index (χ1) is 8.20. The maximum absolute atomic E-state index is 5.70. The lowest BCUT2D eigenvalue weighted by molar-refractivity contribution is 0.258. The maximum Gasteiger partial charge on any atom is 0.0369 e. The van der Waals surface area contributed by atoms with Crippen molar-refractivity contribution in [1.82, 2.24) is 4.90 Å². The van der Waals surface area contributed by atoms with Gasteiger partial charge in [0, 0.05) is 31.4 Å². The van der Waals surface area contributed by atoms with Crippen molar-refractivity contribution in [3.05, 3.63) is 29.8 Å². The zero-order valence-corrected chi connectivity index (χ0v) is 10.9. The lowest BCUT2D eigenvalue weighted by Crippen LogP contribution is -2.45. The summed E-state index contributed by atoms with van der Waals surface area (Å²) in [6, 6.07) is 9.29. The molecule has 3 nitrogen and oxygen atoms in total. The van der Waals surface area contributed by atoms with E-state index in [1.807, 2.05) is 0 Å². The molecule has 0 radical (unpaired) electrons. The first-order valence-corrected chi connectivity index (χ1v) is 6.41. The molecule has 1 saturated heterocycles. The summed E-state index contributed by atoms with van der Waals surface area (Å²) in [5, 5.41) is 0. The Bertz CT molecular complexity index is 362. The van der Waals surface area contributed by atoms with E-state index in [0.717, 1.165) is 6.54 Å². The quantitative estimate of drug-likeness (QED) is 0.862. The molecule has 2 N–H and O–H groups in total. The van der Waals surface area contributed by atoms with Crippen molar-refractivity contribution in [1.29, 1.82) is 0 Å². The molecule has 1 heterocycles.